The summed E-state index contributed by atoms with van der Waals surface area (Å²) in [6, 6.07) is 2.13. The monoisotopic (exact) mass is 322 g/mol. The van der Waals surface area contributed by atoms with Crippen molar-refractivity contribution < 1.29 is 9.84 Å². The maximum Gasteiger partial charge on any atom is 0.142 e. The van der Waals surface area contributed by atoms with Gasteiger partial charge in [0.2, 0.25) is 0 Å². The number of allylic oxidation sites excluding steroid dienone is 1. The Morgan fingerprint density at radius 2 is 1.96 bits per heavy atom. The summed E-state index contributed by atoms with van der Waals surface area (Å²) in [5.41, 5.74) is 10.7. The minimum absolute atomic E-state index is 0.217. The predicted octanol–water partition coefficient (Wildman–Crippen LogP) is 4.07. The molecule has 1 aromatic rings. The van der Waals surface area contributed by atoms with Gasteiger partial charge >= 0.3 is 0 Å². The highest BCUT2D eigenvalue weighted by molar-refractivity contribution is 5.80. The van der Waals surface area contributed by atoms with Crippen LogP contribution in [0.1, 0.15) is 56.2 Å². The second-order valence-electron chi connectivity index (χ2n) is 5.75. The molecule has 0 radical (unpaired) electrons. The Bertz CT molecular complexity index is 511. The zero-order valence-electron chi connectivity index (χ0n) is 15.8. The van der Waals surface area contributed by atoms with Crippen molar-refractivity contribution in [1.29, 1.82) is 0 Å². The van der Waals surface area contributed by atoms with Crippen molar-refractivity contribution in [3.05, 3.63) is 28.8 Å². The maximum atomic E-state index is 10.3. The molecule has 0 saturated heterocycles. The number of anilines is 1. The number of ether oxygens (including phenoxy) is 1. The smallest absolute Gasteiger partial charge is 0.142 e. The van der Waals surface area contributed by atoms with Crippen molar-refractivity contribution in [3.8, 4) is 5.75 Å². The summed E-state index contributed by atoms with van der Waals surface area (Å²) in [5.74, 6) is 0.621. The second kappa shape index (κ2) is 11.1. The lowest BCUT2D eigenvalue weighted by molar-refractivity contribution is 0.234. The van der Waals surface area contributed by atoms with Crippen molar-refractivity contribution in [1.82, 2.24) is 5.32 Å². The summed E-state index contributed by atoms with van der Waals surface area (Å²) in [4.78, 5) is 0. The van der Waals surface area contributed by atoms with Gasteiger partial charge in [-0.15, -0.1) is 0 Å². The van der Waals surface area contributed by atoms with Crippen molar-refractivity contribution in [2.75, 3.05) is 33.5 Å². The number of benzene rings is 1. The summed E-state index contributed by atoms with van der Waals surface area (Å²) in [5, 5.41) is 13.0. The molecule has 0 aliphatic carbocycles. The molecule has 0 aliphatic rings. The number of nitrogen functional groups attached to an aromatic ring is 1. The molecule has 1 rings (SSSR count). The van der Waals surface area contributed by atoms with Gasteiger partial charge in [-0.3, -0.25) is 0 Å². The first-order valence-corrected chi connectivity index (χ1v) is 8.28. The van der Waals surface area contributed by atoms with Crippen LogP contribution in [0.2, 0.25) is 0 Å². The molecule has 4 heteroatoms. The van der Waals surface area contributed by atoms with Gasteiger partial charge in [-0.25, -0.2) is 0 Å². The highest BCUT2D eigenvalue weighted by atomic mass is 16.5. The van der Waals surface area contributed by atoms with E-state index < -0.39 is 0 Å². The molecule has 0 aromatic heterocycles. The number of nitrogens with one attached hydrogen (secondary N) is 1. The Hall–Kier alpha value is -1.52. The zero-order valence-corrected chi connectivity index (χ0v) is 15.8. The lowest BCUT2D eigenvalue weighted by Crippen LogP contribution is -2.03. The Morgan fingerprint density at radius 1 is 1.39 bits per heavy atom. The summed E-state index contributed by atoms with van der Waals surface area (Å²) in [6.07, 6.45) is 3.92. The molecule has 0 saturated carbocycles. The quantitative estimate of drug-likeness (QED) is 0.545. The van der Waals surface area contributed by atoms with Gasteiger partial charge in [0.25, 0.3) is 0 Å². The molecular formula is C19H34N2O2. The van der Waals surface area contributed by atoms with Gasteiger partial charge in [-0.2, -0.15) is 0 Å². The number of nitrogens with two attached hydrogens (primary N) is 1. The average molecular weight is 322 g/mol. The van der Waals surface area contributed by atoms with Crippen molar-refractivity contribution in [2.45, 2.75) is 46.5 Å². The van der Waals surface area contributed by atoms with Crippen LogP contribution in [-0.2, 0) is 4.74 Å². The minimum Gasteiger partial charge on any atom is -0.505 e. The molecule has 0 spiro atoms. The van der Waals surface area contributed by atoms with E-state index in [-0.39, 0.29) is 5.75 Å². The first-order chi connectivity index (χ1) is 10.9. The van der Waals surface area contributed by atoms with E-state index in [4.69, 9.17) is 10.5 Å². The molecule has 0 heterocycles. The van der Waals surface area contributed by atoms with Crippen LogP contribution < -0.4 is 11.1 Å². The van der Waals surface area contributed by atoms with Crippen LogP contribution in [0.3, 0.4) is 0 Å². The van der Waals surface area contributed by atoms with Gasteiger partial charge in [0.15, 0.2) is 0 Å². The molecule has 1 atom stereocenters. The zero-order chi connectivity index (χ0) is 18.0. The Labute approximate surface area is 141 Å². The largest absolute Gasteiger partial charge is 0.505 e. The van der Waals surface area contributed by atoms with E-state index in [1.807, 2.05) is 27.1 Å². The van der Waals surface area contributed by atoms with Crippen molar-refractivity contribution in [3.63, 3.8) is 0 Å². The average Bonchev–Trinajstić information content (AvgIpc) is 2.55. The molecule has 23 heavy (non-hydrogen) atoms. The highest BCUT2D eigenvalue weighted by Gasteiger charge is 2.17. The van der Waals surface area contributed by atoms with Crippen LogP contribution >= 0.6 is 0 Å². The third kappa shape index (κ3) is 5.88. The summed E-state index contributed by atoms with van der Waals surface area (Å²) in [6.45, 7) is 8.89. The van der Waals surface area contributed by atoms with Crippen molar-refractivity contribution >= 4 is 11.3 Å². The van der Waals surface area contributed by atoms with Gasteiger partial charge in [0.05, 0.1) is 12.3 Å². The first-order valence-electron chi connectivity index (χ1n) is 8.28. The third-order valence-electron chi connectivity index (χ3n) is 4.00. The van der Waals surface area contributed by atoms with E-state index in [1.165, 1.54) is 5.56 Å². The molecule has 0 amide bonds. The normalized spacial score (nSPS) is 12.6. The highest BCUT2D eigenvalue weighted by Crippen LogP contribution is 2.39. The standard InChI is InChI=1S/C17H27NO2.C2H7N/c1-6-11(3)14-10-15(13(7-2)8-9-20-5)16(18)17(19)12(14)4;1-3-2/h8,10-11,19H,6-7,9,18H2,1-5H3;3H,1-2H3/b13-8-;. The SMILES string of the molecule is CC/C(=C/COC)c1cc(C(C)CC)c(C)c(O)c1N.CNC. The molecular weight excluding hydrogens is 288 g/mol. The fourth-order valence-corrected chi connectivity index (χ4v) is 2.43. The summed E-state index contributed by atoms with van der Waals surface area (Å²) >= 11 is 0. The summed E-state index contributed by atoms with van der Waals surface area (Å²) in [7, 11) is 5.42. The fraction of sp³-hybridized carbons (Fsp3) is 0.579. The molecule has 0 aliphatic heterocycles. The van der Waals surface area contributed by atoms with Crippen LogP contribution in [-0.4, -0.2) is 32.9 Å². The Morgan fingerprint density at radius 3 is 2.39 bits per heavy atom. The predicted molar refractivity (Wildman–Crippen MR) is 101 cm³/mol. The van der Waals surface area contributed by atoms with Crippen LogP contribution in [0.15, 0.2) is 12.1 Å². The maximum absolute atomic E-state index is 10.3. The number of aromatic hydroxyl groups is 1. The molecule has 1 aromatic carbocycles. The van der Waals surface area contributed by atoms with Crippen LogP contribution in [0.4, 0.5) is 5.69 Å². The number of phenolic OH excluding ortho intramolecular Hbond substituents is 1. The first kappa shape index (κ1) is 21.5. The number of hydrogen-bond donors (Lipinski definition) is 3. The number of phenols is 1. The lowest BCUT2D eigenvalue weighted by atomic mass is 9.88. The van der Waals surface area contributed by atoms with Gasteiger partial charge in [-0.1, -0.05) is 26.8 Å². The molecule has 4 nitrogen and oxygen atoms in total. The van der Waals surface area contributed by atoms with E-state index >= 15 is 0 Å². The molecule has 1 unspecified atom stereocenters. The van der Waals surface area contributed by atoms with Crippen LogP contribution in [0.25, 0.3) is 5.57 Å². The second-order valence-corrected chi connectivity index (χ2v) is 5.75. The molecule has 132 valence electrons. The summed E-state index contributed by atoms with van der Waals surface area (Å²) < 4.78 is 5.11. The van der Waals surface area contributed by atoms with Crippen LogP contribution in [0, 0.1) is 6.92 Å². The molecule has 0 fully saturated rings. The fourth-order valence-electron chi connectivity index (χ4n) is 2.43. The third-order valence-corrected chi connectivity index (χ3v) is 4.00. The Balaban J connectivity index is 0.00000149. The number of hydrogen-bond acceptors (Lipinski definition) is 4. The van der Waals surface area contributed by atoms with Gasteiger partial charge in [0, 0.05) is 12.7 Å². The lowest BCUT2D eigenvalue weighted by Gasteiger charge is -2.19. The minimum atomic E-state index is 0.217. The van der Waals surface area contributed by atoms with Crippen LogP contribution in [0.5, 0.6) is 5.75 Å². The number of rotatable bonds is 6. The Kier molecular flexibility index (Phi) is 10.4. The number of methoxy groups -OCH3 is 1. The van der Waals surface area contributed by atoms with Gasteiger partial charge in [-0.05, 0) is 62.5 Å². The molecule has 4 N–H and O–H groups in total. The van der Waals surface area contributed by atoms with Gasteiger partial charge in [0.1, 0.15) is 5.75 Å². The molecule has 0 bridgehead atoms. The van der Waals surface area contributed by atoms with E-state index in [1.54, 1.807) is 7.11 Å². The topological polar surface area (TPSA) is 67.5 Å². The van der Waals surface area contributed by atoms with E-state index in [9.17, 15) is 5.11 Å². The van der Waals surface area contributed by atoms with Crippen molar-refractivity contribution in [2.24, 2.45) is 0 Å². The van der Waals surface area contributed by atoms with E-state index in [0.717, 1.165) is 29.5 Å². The van der Waals surface area contributed by atoms with Gasteiger partial charge < -0.3 is 20.9 Å². The van der Waals surface area contributed by atoms with E-state index in [0.29, 0.717) is 18.2 Å². The van der Waals surface area contributed by atoms with E-state index in [2.05, 4.69) is 32.2 Å².